The molecule has 0 unspecified atom stereocenters. The van der Waals surface area contributed by atoms with E-state index in [9.17, 15) is 0 Å². The summed E-state index contributed by atoms with van der Waals surface area (Å²) in [5.41, 5.74) is 0. The smallest absolute Gasteiger partial charge is 0.138 e. The number of aromatic nitrogens is 1. The van der Waals surface area contributed by atoms with E-state index in [1.165, 1.54) is 12.8 Å². The Labute approximate surface area is 131 Å². The number of nitrogens with zero attached hydrogens (tertiary/aromatic N) is 2. The van der Waals surface area contributed by atoms with Gasteiger partial charge in [0.15, 0.2) is 0 Å². The molecule has 0 radical (unpaired) electrons. The van der Waals surface area contributed by atoms with Crippen LogP contribution in [0.5, 0.6) is 5.75 Å². The van der Waals surface area contributed by atoms with Crippen LogP contribution in [0, 0.1) is 5.92 Å². The number of likely N-dealkylation sites (tertiary alicyclic amines) is 1. The van der Waals surface area contributed by atoms with Crippen molar-refractivity contribution in [2.24, 2.45) is 5.92 Å². The van der Waals surface area contributed by atoms with Crippen LogP contribution in [0.2, 0.25) is 0 Å². The van der Waals surface area contributed by atoms with Crippen LogP contribution in [-0.4, -0.2) is 28.6 Å². The SMILES string of the molecule is CCc1ccc(CN2C[C@H]3CC[C@H]2[C@@H]3Oc2cccnc2)o1. The zero-order valence-corrected chi connectivity index (χ0v) is 12.9. The van der Waals surface area contributed by atoms with Gasteiger partial charge in [-0.1, -0.05) is 6.92 Å². The van der Waals surface area contributed by atoms with Crippen molar-refractivity contribution in [1.82, 2.24) is 9.88 Å². The molecule has 2 bridgehead atoms. The third kappa shape index (κ3) is 2.52. The normalized spacial score (nSPS) is 27.4. The molecule has 4 heteroatoms. The van der Waals surface area contributed by atoms with Crippen LogP contribution in [0.4, 0.5) is 0 Å². The highest BCUT2D eigenvalue weighted by Crippen LogP contribution is 2.40. The lowest BCUT2D eigenvalue weighted by Crippen LogP contribution is -2.35. The molecule has 0 N–H and O–H groups in total. The molecule has 0 spiro atoms. The third-order valence-corrected chi connectivity index (χ3v) is 4.95. The summed E-state index contributed by atoms with van der Waals surface area (Å²) in [5.74, 6) is 3.66. The molecule has 2 aromatic heterocycles. The van der Waals surface area contributed by atoms with E-state index in [0.717, 1.165) is 36.8 Å². The van der Waals surface area contributed by atoms with Gasteiger partial charge in [0.05, 0.1) is 12.7 Å². The fraction of sp³-hybridized carbons (Fsp3) is 0.500. The van der Waals surface area contributed by atoms with E-state index in [1.54, 1.807) is 6.20 Å². The lowest BCUT2D eigenvalue weighted by atomic mass is 10.1. The molecule has 1 saturated carbocycles. The Morgan fingerprint density at radius 2 is 2.18 bits per heavy atom. The number of aryl methyl sites for hydroxylation is 1. The molecule has 2 aromatic rings. The maximum absolute atomic E-state index is 6.22. The second kappa shape index (κ2) is 5.76. The first-order chi connectivity index (χ1) is 10.8. The Kier molecular flexibility index (Phi) is 3.62. The van der Waals surface area contributed by atoms with Gasteiger partial charge in [-0.25, -0.2) is 0 Å². The van der Waals surface area contributed by atoms with Crippen molar-refractivity contribution < 1.29 is 9.15 Å². The minimum Gasteiger partial charge on any atom is -0.487 e. The van der Waals surface area contributed by atoms with Gasteiger partial charge in [0.2, 0.25) is 0 Å². The van der Waals surface area contributed by atoms with Gasteiger partial charge < -0.3 is 9.15 Å². The van der Waals surface area contributed by atoms with Crippen molar-refractivity contribution in [3.63, 3.8) is 0 Å². The summed E-state index contributed by atoms with van der Waals surface area (Å²) < 4.78 is 12.1. The Balaban J connectivity index is 1.44. The molecular weight excluding hydrogens is 276 g/mol. The van der Waals surface area contributed by atoms with E-state index in [4.69, 9.17) is 9.15 Å². The first kappa shape index (κ1) is 13.8. The Morgan fingerprint density at radius 3 is 2.95 bits per heavy atom. The van der Waals surface area contributed by atoms with E-state index in [1.807, 2.05) is 18.3 Å². The summed E-state index contributed by atoms with van der Waals surface area (Å²) in [4.78, 5) is 6.66. The van der Waals surface area contributed by atoms with Crippen LogP contribution < -0.4 is 4.74 Å². The summed E-state index contributed by atoms with van der Waals surface area (Å²) in [7, 11) is 0. The summed E-state index contributed by atoms with van der Waals surface area (Å²) in [6, 6.07) is 8.63. The maximum Gasteiger partial charge on any atom is 0.138 e. The van der Waals surface area contributed by atoms with Crippen LogP contribution >= 0.6 is 0 Å². The molecule has 2 aliphatic rings. The quantitative estimate of drug-likeness (QED) is 0.849. The Morgan fingerprint density at radius 1 is 1.27 bits per heavy atom. The van der Waals surface area contributed by atoms with Crippen molar-refractivity contribution in [2.45, 2.75) is 44.9 Å². The van der Waals surface area contributed by atoms with Crippen LogP contribution in [0.1, 0.15) is 31.3 Å². The molecule has 2 fully saturated rings. The van der Waals surface area contributed by atoms with Crippen LogP contribution in [0.15, 0.2) is 41.1 Å². The van der Waals surface area contributed by atoms with Crippen molar-refractivity contribution >= 4 is 0 Å². The molecule has 0 aromatic carbocycles. The number of hydrogen-bond donors (Lipinski definition) is 0. The summed E-state index contributed by atoms with van der Waals surface area (Å²) in [6.45, 7) is 4.13. The molecule has 4 nitrogen and oxygen atoms in total. The largest absolute Gasteiger partial charge is 0.487 e. The highest BCUT2D eigenvalue weighted by molar-refractivity contribution is 5.18. The van der Waals surface area contributed by atoms with Gasteiger partial charge >= 0.3 is 0 Å². The van der Waals surface area contributed by atoms with E-state index >= 15 is 0 Å². The van der Waals surface area contributed by atoms with Crippen molar-refractivity contribution in [1.29, 1.82) is 0 Å². The van der Waals surface area contributed by atoms with E-state index < -0.39 is 0 Å². The third-order valence-electron chi connectivity index (χ3n) is 4.95. The highest BCUT2D eigenvalue weighted by Gasteiger charge is 2.48. The lowest BCUT2D eigenvalue weighted by Gasteiger charge is -2.26. The van der Waals surface area contributed by atoms with Crippen LogP contribution in [0.25, 0.3) is 0 Å². The van der Waals surface area contributed by atoms with Gasteiger partial charge in [-0.15, -0.1) is 0 Å². The van der Waals surface area contributed by atoms with Gasteiger partial charge in [-0.3, -0.25) is 9.88 Å². The first-order valence-corrected chi connectivity index (χ1v) is 8.22. The van der Waals surface area contributed by atoms with Crippen molar-refractivity contribution in [2.75, 3.05) is 6.54 Å². The molecule has 22 heavy (non-hydrogen) atoms. The fourth-order valence-electron chi connectivity index (χ4n) is 3.88. The van der Waals surface area contributed by atoms with Gasteiger partial charge in [0.25, 0.3) is 0 Å². The van der Waals surface area contributed by atoms with E-state index in [2.05, 4.69) is 28.9 Å². The predicted octanol–water partition coefficient (Wildman–Crippen LogP) is 3.28. The maximum atomic E-state index is 6.22. The number of hydrogen-bond acceptors (Lipinski definition) is 4. The molecule has 3 heterocycles. The summed E-state index contributed by atoms with van der Waals surface area (Å²) in [5, 5.41) is 0. The molecule has 1 aliphatic carbocycles. The van der Waals surface area contributed by atoms with Gasteiger partial charge in [0, 0.05) is 31.1 Å². The molecule has 1 saturated heterocycles. The number of fused-ring (bicyclic) bond motifs is 2. The predicted molar refractivity (Wildman–Crippen MR) is 83.7 cm³/mol. The number of ether oxygens (including phenoxy) is 1. The number of piperidine rings is 1. The van der Waals surface area contributed by atoms with Gasteiger partial charge in [0.1, 0.15) is 23.4 Å². The molecule has 3 atom stereocenters. The second-order valence-corrected chi connectivity index (χ2v) is 6.33. The summed E-state index contributed by atoms with van der Waals surface area (Å²) >= 11 is 0. The minimum absolute atomic E-state index is 0.296. The first-order valence-electron chi connectivity index (χ1n) is 8.22. The fourth-order valence-corrected chi connectivity index (χ4v) is 3.88. The van der Waals surface area contributed by atoms with Crippen LogP contribution in [0.3, 0.4) is 0 Å². The standard InChI is InChI=1S/C18H22N2O2/c1-2-14-6-7-16(21-14)12-20-11-13-5-8-17(20)18(13)22-15-4-3-9-19-10-15/h3-4,6-7,9-10,13,17-18H,2,5,8,11-12H2,1H3/t13-,17+,18-/m1/s1. The zero-order valence-electron chi connectivity index (χ0n) is 12.9. The molecule has 0 amide bonds. The molecule has 4 rings (SSSR count). The molecule has 1 aliphatic heterocycles. The molecule has 116 valence electrons. The van der Waals surface area contributed by atoms with Gasteiger partial charge in [-0.05, 0) is 37.1 Å². The zero-order chi connectivity index (χ0) is 14.9. The topological polar surface area (TPSA) is 38.5 Å². The van der Waals surface area contributed by atoms with Crippen LogP contribution in [-0.2, 0) is 13.0 Å². The Hall–Kier alpha value is -1.81. The van der Waals surface area contributed by atoms with E-state index in [-0.39, 0.29) is 0 Å². The monoisotopic (exact) mass is 298 g/mol. The summed E-state index contributed by atoms with van der Waals surface area (Å²) in [6.07, 6.45) is 7.33. The van der Waals surface area contributed by atoms with E-state index in [0.29, 0.717) is 18.1 Å². The number of furan rings is 1. The van der Waals surface area contributed by atoms with Crippen molar-refractivity contribution in [3.05, 3.63) is 48.2 Å². The highest BCUT2D eigenvalue weighted by atomic mass is 16.5. The Bertz CT molecular complexity index is 625. The average molecular weight is 298 g/mol. The minimum atomic E-state index is 0.296. The molecular formula is C18H22N2O2. The van der Waals surface area contributed by atoms with Crippen molar-refractivity contribution in [3.8, 4) is 5.75 Å². The second-order valence-electron chi connectivity index (χ2n) is 6.33. The average Bonchev–Trinajstić information content (AvgIpc) is 3.24. The lowest BCUT2D eigenvalue weighted by molar-refractivity contribution is 0.135. The number of rotatable bonds is 5. The number of pyridine rings is 1. The van der Waals surface area contributed by atoms with Gasteiger partial charge in [-0.2, -0.15) is 0 Å².